The molecule has 2 aromatic carbocycles. The second kappa shape index (κ2) is 21.5. The number of nitrogens with zero attached hydrogens (tertiary/aromatic N) is 4. The maximum absolute atomic E-state index is 13.2. The van der Waals surface area contributed by atoms with Crippen LogP contribution in [0, 0.1) is 17.2 Å². The summed E-state index contributed by atoms with van der Waals surface area (Å²) in [7, 11) is 0. The highest BCUT2D eigenvalue weighted by atomic mass is 19.4. The summed E-state index contributed by atoms with van der Waals surface area (Å²) in [6.45, 7) is 2.00. The first-order valence-corrected chi connectivity index (χ1v) is 21.1. The van der Waals surface area contributed by atoms with Crippen LogP contribution in [0.15, 0.2) is 48.7 Å². The molecule has 0 bridgehead atoms. The van der Waals surface area contributed by atoms with E-state index in [2.05, 4.69) is 52.7 Å². The molecule has 1 saturated carbocycles. The van der Waals surface area contributed by atoms with E-state index in [1.165, 1.54) is 30.5 Å². The van der Waals surface area contributed by atoms with Crippen molar-refractivity contribution in [3.05, 3.63) is 70.9 Å². The number of piperidine rings is 1. The predicted molar refractivity (Wildman–Crippen MR) is 222 cm³/mol. The summed E-state index contributed by atoms with van der Waals surface area (Å²) in [4.78, 5) is 72.2. The van der Waals surface area contributed by atoms with Crippen LogP contribution in [0.4, 0.5) is 30.6 Å². The number of para-hydroxylation sites is 1. The second-order valence-electron chi connectivity index (χ2n) is 15.6. The lowest BCUT2D eigenvalue weighted by molar-refractivity contribution is -0.274. The van der Waals surface area contributed by atoms with Gasteiger partial charge in [-0.2, -0.15) is 10.2 Å². The Morgan fingerprint density at radius 3 is 2.37 bits per heavy atom. The number of aromatic nitrogens is 2. The van der Waals surface area contributed by atoms with Crippen molar-refractivity contribution in [3.63, 3.8) is 0 Å². The Hall–Kier alpha value is -6.29. The zero-order chi connectivity index (χ0) is 44.1. The summed E-state index contributed by atoms with van der Waals surface area (Å²) in [6.07, 6.45) is 6.95. The van der Waals surface area contributed by atoms with Gasteiger partial charge in [-0.1, -0.05) is 49.9 Å². The van der Waals surface area contributed by atoms with Gasteiger partial charge in [0, 0.05) is 43.3 Å². The minimum absolute atomic E-state index is 0.00783. The van der Waals surface area contributed by atoms with E-state index >= 15 is 0 Å². The van der Waals surface area contributed by atoms with Gasteiger partial charge in [0.1, 0.15) is 29.2 Å². The molecule has 6 rings (SSSR count). The van der Waals surface area contributed by atoms with Crippen LogP contribution in [-0.2, 0) is 20.9 Å². The van der Waals surface area contributed by atoms with E-state index in [4.69, 9.17) is 0 Å². The van der Waals surface area contributed by atoms with Gasteiger partial charge in [-0.25, -0.2) is 4.98 Å². The molecule has 1 unspecified atom stereocenters. The normalized spacial score (nSPS) is 18.7. The number of ether oxygens (including phenoxy) is 1. The van der Waals surface area contributed by atoms with E-state index in [1.807, 2.05) is 0 Å². The zero-order valence-electron chi connectivity index (χ0n) is 34.2. The van der Waals surface area contributed by atoms with E-state index in [0.717, 1.165) is 75.7 Å². The van der Waals surface area contributed by atoms with Crippen LogP contribution in [-0.4, -0.2) is 89.0 Å². The number of halogens is 3. The molecule has 0 spiro atoms. The molecular weight excluding hydrogens is 810 g/mol. The standard InChI is InChI=1S/C43H51F3N10O6/c44-43(45,46)62-34-13-6-5-10-28(34)24-52-42-53-25-29(22-47)38(55-42)51-23-27-14-16-30(17-15-27)48-20-7-3-1-2-4-8-21-49-36(58)26-50-32-12-9-11-31-37(32)41(61)56(40(31)60)33-18-19-35(57)54-39(33)59/h5-6,9-13,25,27,30,33,48,50H,1-4,7-8,14-21,23-24,26H2,(H,49,58)(H,54,57,59)(H2,51,52,53,55). The van der Waals surface area contributed by atoms with Gasteiger partial charge in [-0.3, -0.25) is 34.2 Å². The molecule has 19 heteroatoms. The number of anilines is 3. The van der Waals surface area contributed by atoms with Gasteiger partial charge in [0.25, 0.3) is 11.8 Å². The molecule has 2 fully saturated rings. The minimum Gasteiger partial charge on any atom is -0.405 e. The second-order valence-corrected chi connectivity index (χ2v) is 15.6. The number of nitrogens with one attached hydrogen (secondary N) is 6. The number of amides is 5. The summed E-state index contributed by atoms with van der Waals surface area (Å²) in [5.74, 6) is -1.98. The van der Waals surface area contributed by atoms with E-state index < -0.39 is 36.0 Å². The summed E-state index contributed by atoms with van der Waals surface area (Å²) in [5.41, 5.74) is 1.14. The molecule has 3 heterocycles. The number of carbonyl (C=O) groups is 5. The van der Waals surface area contributed by atoms with Gasteiger partial charge < -0.3 is 31.3 Å². The first-order valence-electron chi connectivity index (χ1n) is 21.1. The molecule has 16 nitrogen and oxygen atoms in total. The Balaban J connectivity index is 0.793. The number of hydrogen-bond acceptors (Lipinski definition) is 13. The predicted octanol–water partition coefficient (Wildman–Crippen LogP) is 5.39. The van der Waals surface area contributed by atoms with E-state index in [0.29, 0.717) is 36.6 Å². The number of imide groups is 2. The summed E-state index contributed by atoms with van der Waals surface area (Å²) in [5, 5.41) is 27.5. The molecule has 1 saturated heterocycles. The van der Waals surface area contributed by atoms with Gasteiger partial charge in [0.05, 0.1) is 23.9 Å². The third-order valence-electron chi connectivity index (χ3n) is 11.2. The van der Waals surface area contributed by atoms with Gasteiger partial charge in [0.15, 0.2) is 0 Å². The molecular formula is C43H51F3N10O6. The first kappa shape index (κ1) is 45.2. The third-order valence-corrected chi connectivity index (χ3v) is 11.2. The van der Waals surface area contributed by atoms with Gasteiger partial charge in [-0.05, 0) is 75.6 Å². The number of unbranched alkanes of at least 4 members (excludes halogenated alkanes) is 5. The lowest BCUT2D eigenvalue weighted by Crippen LogP contribution is -2.54. The van der Waals surface area contributed by atoms with Crippen LogP contribution >= 0.6 is 0 Å². The van der Waals surface area contributed by atoms with E-state index in [-0.39, 0.29) is 65.8 Å². The molecule has 5 amide bonds. The highest BCUT2D eigenvalue weighted by Crippen LogP contribution is 2.33. The molecule has 3 aliphatic rings. The molecule has 62 heavy (non-hydrogen) atoms. The Labute approximate surface area is 357 Å². The first-order chi connectivity index (χ1) is 29.9. The van der Waals surface area contributed by atoms with Crippen molar-refractivity contribution >= 4 is 47.0 Å². The average molecular weight is 861 g/mol. The fraction of sp³-hybridized carbons (Fsp3) is 0.488. The third kappa shape index (κ3) is 12.4. The number of nitriles is 1. The maximum Gasteiger partial charge on any atom is 0.573 e. The van der Waals surface area contributed by atoms with Gasteiger partial charge >= 0.3 is 6.36 Å². The molecule has 1 aliphatic carbocycles. The minimum atomic E-state index is -4.82. The number of fused-ring (bicyclic) bond motifs is 1. The van der Waals surface area contributed by atoms with Crippen molar-refractivity contribution in [3.8, 4) is 11.8 Å². The Morgan fingerprint density at radius 1 is 0.887 bits per heavy atom. The zero-order valence-corrected chi connectivity index (χ0v) is 34.2. The largest absolute Gasteiger partial charge is 0.573 e. The van der Waals surface area contributed by atoms with Crippen molar-refractivity contribution in [1.82, 2.24) is 30.8 Å². The van der Waals surface area contributed by atoms with Crippen molar-refractivity contribution in [2.75, 3.05) is 42.1 Å². The number of benzene rings is 2. The van der Waals surface area contributed by atoms with Crippen molar-refractivity contribution in [2.45, 2.75) is 102 Å². The lowest BCUT2D eigenvalue weighted by atomic mass is 9.86. The van der Waals surface area contributed by atoms with Crippen LogP contribution in [0.25, 0.3) is 0 Å². The molecule has 330 valence electrons. The van der Waals surface area contributed by atoms with Crippen LogP contribution in [0.1, 0.15) is 109 Å². The number of carbonyl (C=O) groups excluding carboxylic acids is 5. The van der Waals surface area contributed by atoms with Gasteiger partial charge in [0.2, 0.25) is 23.7 Å². The fourth-order valence-electron chi connectivity index (χ4n) is 7.94. The average Bonchev–Trinajstić information content (AvgIpc) is 3.51. The number of hydrogen-bond donors (Lipinski definition) is 6. The Morgan fingerprint density at radius 2 is 1.63 bits per heavy atom. The molecule has 1 aromatic heterocycles. The van der Waals surface area contributed by atoms with E-state index in [1.54, 1.807) is 18.2 Å². The maximum atomic E-state index is 13.2. The fourth-order valence-corrected chi connectivity index (χ4v) is 7.94. The summed E-state index contributed by atoms with van der Waals surface area (Å²) < 4.78 is 42.5. The molecule has 1 atom stereocenters. The highest BCUT2D eigenvalue weighted by Gasteiger charge is 2.45. The van der Waals surface area contributed by atoms with Crippen LogP contribution in [0.2, 0.25) is 0 Å². The smallest absolute Gasteiger partial charge is 0.405 e. The quantitative estimate of drug-likeness (QED) is 0.0586. The molecule has 3 aromatic rings. The van der Waals surface area contributed by atoms with Crippen LogP contribution in [0.5, 0.6) is 5.75 Å². The summed E-state index contributed by atoms with van der Waals surface area (Å²) >= 11 is 0. The number of rotatable bonds is 21. The summed E-state index contributed by atoms with van der Waals surface area (Å²) in [6, 6.07) is 12.0. The van der Waals surface area contributed by atoms with Crippen LogP contribution in [0.3, 0.4) is 0 Å². The monoisotopic (exact) mass is 860 g/mol. The highest BCUT2D eigenvalue weighted by molar-refractivity contribution is 6.25. The molecule has 2 aliphatic heterocycles. The molecule has 0 radical (unpaired) electrons. The lowest BCUT2D eigenvalue weighted by Gasteiger charge is -2.29. The van der Waals surface area contributed by atoms with Crippen molar-refractivity contribution in [1.29, 1.82) is 5.26 Å². The van der Waals surface area contributed by atoms with E-state index in [9.17, 15) is 42.4 Å². The SMILES string of the molecule is N#Cc1cnc(NCc2ccccc2OC(F)(F)F)nc1NCC1CCC(NCCCCCCCCNC(=O)CNc2cccc3c2C(=O)N(C2CCC(=O)NC2=O)C3=O)CC1. The molecule has 6 N–H and O–H groups in total. The van der Waals surface area contributed by atoms with Gasteiger partial charge in [-0.15, -0.1) is 13.2 Å². The van der Waals surface area contributed by atoms with Crippen molar-refractivity contribution < 1.29 is 41.9 Å². The van der Waals surface area contributed by atoms with Crippen LogP contribution < -0.4 is 36.6 Å². The Kier molecular flexibility index (Phi) is 15.7. The topological polar surface area (TPSA) is 220 Å². The van der Waals surface area contributed by atoms with Crippen molar-refractivity contribution in [2.24, 2.45) is 5.92 Å². The number of alkyl halides is 3. The Bertz CT molecular complexity index is 2140.